The molecule has 0 bridgehead atoms. The van der Waals surface area contributed by atoms with Gasteiger partial charge in [0, 0.05) is 29.8 Å². The largest absolute Gasteiger partial charge is 0.550 e. The molecule has 0 radical (unpaired) electrons. The molecule has 0 unspecified atom stereocenters. The number of aliphatic carboxylic acids is 2. The first-order valence-corrected chi connectivity index (χ1v) is 8.37. The van der Waals surface area contributed by atoms with Crippen LogP contribution in [-0.4, -0.2) is 82.3 Å². The molecule has 158 valence electrons. The van der Waals surface area contributed by atoms with Crippen LogP contribution in [0, 0.1) is 11.8 Å². The van der Waals surface area contributed by atoms with Gasteiger partial charge in [0.1, 0.15) is 30.7 Å². The number of aliphatic hydroxyl groups excluding tert-OH is 4. The molecule has 1 saturated heterocycles. The van der Waals surface area contributed by atoms with Gasteiger partial charge >= 0.3 is 0 Å². The topological polar surface area (TPSA) is 206 Å². The van der Waals surface area contributed by atoms with Crippen molar-refractivity contribution in [1.29, 1.82) is 0 Å². The number of aliphatic hydroxyl groups is 4. The summed E-state index contributed by atoms with van der Waals surface area (Å²) in [7, 11) is 0. The van der Waals surface area contributed by atoms with Gasteiger partial charge in [-0.2, -0.15) is 0 Å². The van der Waals surface area contributed by atoms with E-state index in [4.69, 9.17) is 14.2 Å². The summed E-state index contributed by atoms with van der Waals surface area (Å²) in [5, 5.41) is 61.1. The Hall–Kier alpha value is -2.09. The van der Waals surface area contributed by atoms with Gasteiger partial charge in [-0.25, -0.2) is 0 Å². The first kappa shape index (κ1) is 22.2. The van der Waals surface area contributed by atoms with Crippen molar-refractivity contribution in [2.45, 2.75) is 49.8 Å². The van der Waals surface area contributed by atoms with Crippen LogP contribution in [0.5, 0.6) is 0 Å². The van der Waals surface area contributed by atoms with E-state index in [2.05, 4.69) is 0 Å². The summed E-state index contributed by atoms with van der Waals surface area (Å²) >= 11 is 0. The minimum absolute atomic E-state index is 0.370. The third-order valence-electron chi connectivity index (χ3n) is 4.70. The van der Waals surface area contributed by atoms with Crippen LogP contribution < -0.4 is 10.2 Å². The van der Waals surface area contributed by atoms with E-state index in [-0.39, 0.29) is 6.42 Å². The van der Waals surface area contributed by atoms with Crippen LogP contribution in [0.25, 0.3) is 0 Å². The van der Waals surface area contributed by atoms with Crippen LogP contribution >= 0.6 is 0 Å². The van der Waals surface area contributed by atoms with Gasteiger partial charge in [0.15, 0.2) is 6.29 Å². The molecule has 0 amide bonds. The minimum atomic E-state index is -1.77. The van der Waals surface area contributed by atoms with Crippen molar-refractivity contribution >= 4 is 18.2 Å². The van der Waals surface area contributed by atoms with Gasteiger partial charge in [0.05, 0.1) is 18.8 Å². The van der Waals surface area contributed by atoms with Gasteiger partial charge in [0.2, 0.25) is 6.29 Å². The van der Waals surface area contributed by atoms with E-state index in [1.807, 2.05) is 0 Å². The standard InChI is InChI=1S/C16H22O12/c17-2-1-6-7(3-10(19)20)8(14(24)25)5-26-15(6)28-16-13(23)12(22)11(21)9(4-18)27-16/h2,5-7,9,11-13,15-16,18,21-23H,1,3-4H2,(H,19,20)(H,24,25)/p-2/t6-,7+,9-,11-,12+,13-,15+,16+/m1/s1. The molecule has 2 aliphatic heterocycles. The van der Waals surface area contributed by atoms with E-state index in [1.54, 1.807) is 0 Å². The highest BCUT2D eigenvalue weighted by Gasteiger charge is 2.47. The highest BCUT2D eigenvalue weighted by atomic mass is 16.8. The zero-order valence-corrected chi connectivity index (χ0v) is 14.4. The van der Waals surface area contributed by atoms with Crippen LogP contribution in [0.1, 0.15) is 12.8 Å². The van der Waals surface area contributed by atoms with E-state index in [9.17, 15) is 45.0 Å². The van der Waals surface area contributed by atoms with Gasteiger partial charge in [-0.3, -0.25) is 0 Å². The van der Waals surface area contributed by atoms with Gasteiger partial charge in [-0.15, -0.1) is 0 Å². The van der Waals surface area contributed by atoms with Crippen LogP contribution in [-0.2, 0) is 28.6 Å². The Morgan fingerprint density at radius 2 is 1.82 bits per heavy atom. The lowest BCUT2D eigenvalue weighted by Crippen LogP contribution is -2.60. The molecule has 0 aromatic heterocycles. The van der Waals surface area contributed by atoms with Crippen molar-refractivity contribution in [2.24, 2.45) is 11.8 Å². The summed E-state index contributed by atoms with van der Waals surface area (Å²) < 4.78 is 15.7. The number of ether oxygens (including phenoxy) is 3. The Kier molecular flexibility index (Phi) is 7.46. The first-order chi connectivity index (χ1) is 13.2. The summed E-state index contributed by atoms with van der Waals surface area (Å²) in [5.74, 6) is -5.67. The Morgan fingerprint density at radius 1 is 1.14 bits per heavy atom. The van der Waals surface area contributed by atoms with E-state index >= 15 is 0 Å². The van der Waals surface area contributed by atoms with Gasteiger partial charge in [0.25, 0.3) is 0 Å². The minimum Gasteiger partial charge on any atom is -0.550 e. The third kappa shape index (κ3) is 4.66. The zero-order valence-electron chi connectivity index (χ0n) is 14.4. The second-order valence-electron chi connectivity index (χ2n) is 6.45. The van der Waals surface area contributed by atoms with Gasteiger partial charge in [-0.05, 0) is 6.42 Å². The molecule has 8 atom stereocenters. The molecule has 4 N–H and O–H groups in total. The molecule has 12 heteroatoms. The number of carbonyl (C=O) groups is 3. The Labute approximate surface area is 158 Å². The molecular formula is C16H20O12-2. The predicted molar refractivity (Wildman–Crippen MR) is 80.1 cm³/mol. The van der Waals surface area contributed by atoms with Crippen molar-refractivity contribution in [3.63, 3.8) is 0 Å². The lowest BCUT2D eigenvalue weighted by atomic mass is 9.80. The van der Waals surface area contributed by atoms with Gasteiger partial charge < -0.3 is 59.2 Å². The Bertz CT molecular complexity index is 617. The number of hydrogen-bond acceptors (Lipinski definition) is 12. The highest BCUT2D eigenvalue weighted by Crippen LogP contribution is 2.37. The van der Waals surface area contributed by atoms with E-state index in [0.717, 1.165) is 0 Å². The summed E-state index contributed by atoms with van der Waals surface area (Å²) in [5.41, 5.74) is -0.510. The summed E-state index contributed by atoms with van der Waals surface area (Å²) in [6, 6.07) is 0. The second-order valence-corrected chi connectivity index (χ2v) is 6.45. The van der Waals surface area contributed by atoms with E-state index in [0.29, 0.717) is 12.5 Å². The molecule has 2 rings (SSSR count). The predicted octanol–water partition coefficient (Wildman–Crippen LogP) is -5.25. The van der Waals surface area contributed by atoms with Crippen molar-refractivity contribution < 1.29 is 59.2 Å². The molecule has 2 heterocycles. The molecular weight excluding hydrogens is 384 g/mol. The lowest BCUT2D eigenvalue weighted by molar-refractivity contribution is -0.343. The molecule has 1 fully saturated rings. The molecule has 2 aliphatic rings. The maximum atomic E-state index is 11.3. The average molecular weight is 404 g/mol. The van der Waals surface area contributed by atoms with Gasteiger partial charge in [-0.1, -0.05) is 0 Å². The monoisotopic (exact) mass is 404 g/mol. The SMILES string of the molecule is O=CC[C@H]1[C@H](O[C@@H]2O[C@H](CO)[C@@H](O)[C@H](O)[C@H]2O)OC=C(C(=O)[O-])[C@H]1CC(=O)[O-]. The summed E-state index contributed by atoms with van der Waals surface area (Å²) in [4.78, 5) is 33.3. The fraction of sp³-hybridized carbons (Fsp3) is 0.688. The maximum absolute atomic E-state index is 11.3. The van der Waals surface area contributed by atoms with Crippen LogP contribution in [0.3, 0.4) is 0 Å². The number of carboxylic acid groups (broad SMARTS) is 2. The van der Waals surface area contributed by atoms with E-state index < -0.39 is 79.4 Å². The Morgan fingerprint density at radius 3 is 2.36 bits per heavy atom. The quantitative estimate of drug-likeness (QED) is 0.280. The molecule has 28 heavy (non-hydrogen) atoms. The molecule has 0 aliphatic carbocycles. The molecule has 0 aromatic carbocycles. The zero-order chi connectivity index (χ0) is 21.0. The van der Waals surface area contributed by atoms with Crippen molar-refractivity contribution in [1.82, 2.24) is 0 Å². The first-order valence-electron chi connectivity index (χ1n) is 8.37. The maximum Gasteiger partial charge on any atom is 0.205 e. The molecule has 0 saturated carbocycles. The van der Waals surface area contributed by atoms with Crippen molar-refractivity contribution in [3.05, 3.63) is 11.8 Å². The summed E-state index contributed by atoms with van der Waals surface area (Å²) in [6.45, 7) is -0.712. The lowest BCUT2D eigenvalue weighted by Gasteiger charge is -2.43. The number of aldehydes is 1. The number of carbonyl (C=O) groups excluding carboxylic acids is 3. The smallest absolute Gasteiger partial charge is 0.205 e. The number of carboxylic acids is 2. The number of hydrogen-bond donors (Lipinski definition) is 4. The molecule has 0 aromatic rings. The highest BCUT2D eigenvalue weighted by molar-refractivity contribution is 5.86. The van der Waals surface area contributed by atoms with Crippen molar-refractivity contribution in [2.75, 3.05) is 6.61 Å². The van der Waals surface area contributed by atoms with Crippen molar-refractivity contribution in [3.8, 4) is 0 Å². The normalized spacial score (nSPS) is 38.2. The fourth-order valence-electron chi connectivity index (χ4n) is 3.22. The van der Waals surface area contributed by atoms with Crippen LogP contribution in [0.15, 0.2) is 11.8 Å². The average Bonchev–Trinajstić information content (AvgIpc) is 2.64. The third-order valence-corrected chi connectivity index (χ3v) is 4.70. The Balaban J connectivity index is 2.26. The molecule has 0 spiro atoms. The summed E-state index contributed by atoms with van der Waals surface area (Å²) in [6.07, 6.45) is -9.52. The number of rotatable bonds is 8. The molecule has 12 nitrogen and oxygen atoms in total. The fourth-order valence-corrected chi connectivity index (χ4v) is 3.22. The van der Waals surface area contributed by atoms with Crippen LogP contribution in [0.4, 0.5) is 0 Å². The second kappa shape index (κ2) is 9.41. The van der Waals surface area contributed by atoms with E-state index in [1.165, 1.54) is 0 Å². The van der Waals surface area contributed by atoms with Crippen LogP contribution in [0.2, 0.25) is 0 Å².